The van der Waals surface area contributed by atoms with E-state index in [0.29, 0.717) is 10.2 Å². The monoisotopic (exact) mass is 372 g/mol. The zero-order valence-corrected chi connectivity index (χ0v) is 16.3. The molecule has 0 amide bonds. The first kappa shape index (κ1) is 18.6. The highest BCUT2D eigenvalue weighted by atomic mass is 32.1. The maximum Gasteiger partial charge on any atom is 0.271 e. The van der Waals surface area contributed by atoms with Crippen molar-refractivity contribution in [2.24, 2.45) is 0 Å². The molecule has 1 aromatic carbocycles. The van der Waals surface area contributed by atoms with Crippen LogP contribution in [0.1, 0.15) is 31.9 Å². The average Bonchev–Trinajstić information content (AvgIpc) is 3.05. The van der Waals surface area contributed by atoms with Gasteiger partial charge < -0.3 is 9.84 Å². The van der Waals surface area contributed by atoms with E-state index in [4.69, 9.17) is 4.74 Å². The Morgan fingerprint density at radius 2 is 2.08 bits per heavy atom. The summed E-state index contributed by atoms with van der Waals surface area (Å²) in [4.78, 5) is 16.6. The van der Waals surface area contributed by atoms with Crippen molar-refractivity contribution in [2.75, 3.05) is 6.61 Å². The van der Waals surface area contributed by atoms with Gasteiger partial charge in [-0.1, -0.05) is 32.9 Å². The summed E-state index contributed by atoms with van der Waals surface area (Å²) >= 11 is 1.36. The van der Waals surface area contributed by atoms with E-state index in [2.05, 4.69) is 31.8 Å². The van der Waals surface area contributed by atoms with E-state index < -0.39 is 6.10 Å². The number of benzene rings is 1. The molecule has 138 valence electrons. The molecule has 3 aromatic rings. The van der Waals surface area contributed by atoms with Gasteiger partial charge in [-0.2, -0.15) is 0 Å². The maximum absolute atomic E-state index is 12.4. The molecule has 0 aliphatic rings. The van der Waals surface area contributed by atoms with E-state index in [1.165, 1.54) is 27.8 Å². The van der Waals surface area contributed by atoms with Gasteiger partial charge in [-0.25, -0.2) is 4.98 Å². The molecule has 2 heterocycles. The summed E-state index contributed by atoms with van der Waals surface area (Å²) in [5, 5.41) is 12.1. The Hall–Kier alpha value is -2.18. The molecular formula is C20H24N2O3S. The van der Waals surface area contributed by atoms with Gasteiger partial charge in [-0.15, -0.1) is 11.3 Å². The van der Waals surface area contributed by atoms with Crippen LogP contribution in [0.4, 0.5) is 0 Å². The van der Waals surface area contributed by atoms with Crippen LogP contribution >= 0.6 is 11.3 Å². The standard InChI is InChI=1S/C20H24N2O3S/c1-13-9-14(20(2,3)4)5-6-17(13)25-11-15(23)10-22-12-21-16-7-8-26-18(16)19(22)24/h5-9,12,15,23H,10-11H2,1-4H3/t15-/m0/s1. The summed E-state index contributed by atoms with van der Waals surface area (Å²) < 4.78 is 7.81. The zero-order valence-electron chi connectivity index (χ0n) is 15.5. The van der Waals surface area contributed by atoms with E-state index in [0.717, 1.165) is 11.3 Å². The number of nitrogens with zero attached hydrogens (tertiary/aromatic N) is 2. The highest BCUT2D eigenvalue weighted by Crippen LogP contribution is 2.27. The highest BCUT2D eigenvalue weighted by Gasteiger charge is 2.16. The summed E-state index contributed by atoms with van der Waals surface area (Å²) in [6.45, 7) is 8.77. The number of rotatable bonds is 5. The third-order valence-electron chi connectivity index (χ3n) is 4.32. The number of aryl methyl sites for hydroxylation is 1. The van der Waals surface area contributed by atoms with Crippen LogP contribution in [0.25, 0.3) is 10.2 Å². The Morgan fingerprint density at radius 3 is 2.77 bits per heavy atom. The van der Waals surface area contributed by atoms with Crippen LogP contribution in [-0.2, 0) is 12.0 Å². The Balaban J connectivity index is 1.66. The van der Waals surface area contributed by atoms with Crippen molar-refractivity contribution in [1.82, 2.24) is 9.55 Å². The summed E-state index contributed by atoms with van der Waals surface area (Å²) in [5.74, 6) is 0.747. The van der Waals surface area contributed by atoms with Gasteiger partial charge in [0.2, 0.25) is 0 Å². The van der Waals surface area contributed by atoms with Gasteiger partial charge in [0.25, 0.3) is 5.56 Å². The molecule has 0 fully saturated rings. The van der Waals surface area contributed by atoms with E-state index in [9.17, 15) is 9.90 Å². The van der Waals surface area contributed by atoms with Gasteiger partial charge >= 0.3 is 0 Å². The number of ether oxygens (including phenoxy) is 1. The lowest BCUT2D eigenvalue weighted by molar-refractivity contribution is 0.0911. The molecule has 0 unspecified atom stereocenters. The zero-order chi connectivity index (χ0) is 18.9. The van der Waals surface area contributed by atoms with Crippen LogP contribution in [-0.4, -0.2) is 27.4 Å². The second-order valence-corrected chi connectivity index (χ2v) is 8.45. The van der Waals surface area contributed by atoms with Crippen LogP contribution in [0.2, 0.25) is 0 Å². The minimum absolute atomic E-state index is 0.0808. The molecule has 0 saturated carbocycles. The second-order valence-electron chi connectivity index (χ2n) is 7.53. The lowest BCUT2D eigenvalue weighted by Gasteiger charge is -2.21. The Bertz CT molecular complexity index is 969. The number of hydrogen-bond donors (Lipinski definition) is 1. The minimum atomic E-state index is -0.798. The number of aliphatic hydroxyl groups is 1. The van der Waals surface area contributed by atoms with Crippen LogP contribution in [0.3, 0.4) is 0 Å². The Kier molecular flexibility index (Phi) is 5.16. The van der Waals surface area contributed by atoms with Gasteiger partial charge in [-0.05, 0) is 41.0 Å². The van der Waals surface area contributed by atoms with Gasteiger partial charge in [0.05, 0.1) is 18.4 Å². The molecule has 6 heteroatoms. The van der Waals surface area contributed by atoms with E-state index in [-0.39, 0.29) is 24.1 Å². The molecule has 0 bridgehead atoms. The number of fused-ring (bicyclic) bond motifs is 1. The molecule has 0 aliphatic heterocycles. The van der Waals surface area contributed by atoms with Crippen LogP contribution in [0.15, 0.2) is 40.8 Å². The molecule has 0 aliphatic carbocycles. The maximum atomic E-state index is 12.4. The fraction of sp³-hybridized carbons (Fsp3) is 0.400. The summed E-state index contributed by atoms with van der Waals surface area (Å²) in [7, 11) is 0. The molecule has 0 saturated heterocycles. The van der Waals surface area contributed by atoms with Crippen molar-refractivity contribution in [2.45, 2.75) is 45.8 Å². The topological polar surface area (TPSA) is 64.3 Å². The van der Waals surface area contributed by atoms with Crippen molar-refractivity contribution in [3.63, 3.8) is 0 Å². The van der Waals surface area contributed by atoms with E-state index in [1.54, 1.807) is 0 Å². The molecule has 0 radical (unpaired) electrons. The first-order valence-electron chi connectivity index (χ1n) is 8.60. The number of hydrogen-bond acceptors (Lipinski definition) is 5. The second kappa shape index (κ2) is 7.21. The van der Waals surface area contributed by atoms with Gasteiger partial charge in [0.1, 0.15) is 23.2 Å². The fourth-order valence-corrected chi connectivity index (χ4v) is 3.55. The SMILES string of the molecule is Cc1cc(C(C)(C)C)ccc1OC[C@@H](O)Cn1cnc2ccsc2c1=O. The molecule has 1 atom stereocenters. The number of aliphatic hydroxyl groups excluding tert-OH is 1. The summed E-state index contributed by atoms with van der Waals surface area (Å²) in [6.07, 6.45) is 0.679. The van der Waals surface area contributed by atoms with Gasteiger partial charge in [0.15, 0.2) is 0 Å². The fourth-order valence-electron chi connectivity index (χ4n) is 2.75. The predicted molar refractivity (Wildman–Crippen MR) is 105 cm³/mol. The van der Waals surface area contributed by atoms with Gasteiger partial charge in [-0.3, -0.25) is 9.36 Å². The summed E-state index contributed by atoms with van der Waals surface area (Å²) in [6, 6.07) is 7.91. The van der Waals surface area contributed by atoms with Crippen LogP contribution < -0.4 is 10.3 Å². The first-order chi connectivity index (χ1) is 12.3. The van der Waals surface area contributed by atoms with Crippen molar-refractivity contribution < 1.29 is 9.84 Å². The van der Waals surface area contributed by atoms with Crippen molar-refractivity contribution in [3.05, 3.63) is 57.5 Å². The quantitative estimate of drug-likeness (QED) is 0.744. The first-order valence-corrected chi connectivity index (χ1v) is 9.48. The van der Waals surface area contributed by atoms with Crippen LogP contribution in [0, 0.1) is 6.92 Å². The normalized spacial score (nSPS) is 13.1. The number of aromatic nitrogens is 2. The van der Waals surface area contributed by atoms with E-state index >= 15 is 0 Å². The highest BCUT2D eigenvalue weighted by molar-refractivity contribution is 7.17. The van der Waals surface area contributed by atoms with Crippen molar-refractivity contribution in [3.8, 4) is 5.75 Å². The Labute approximate surface area is 156 Å². The molecule has 1 N–H and O–H groups in total. The lowest BCUT2D eigenvalue weighted by atomic mass is 9.86. The lowest BCUT2D eigenvalue weighted by Crippen LogP contribution is -2.30. The summed E-state index contributed by atoms with van der Waals surface area (Å²) in [5.41, 5.74) is 2.91. The van der Waals surface area contributed by atoms with E-state index in [1.807, 2.05) is 30.5 Å². The van der Waals surface area contributed by atoms with Gasteiger partial charge in [0, 0.05) is 0 Å². The third kappa shape index (κ3) is 3.97. The molecule has 26 heavy (non-hydrogen) atoms. The molecular weight excluding hydrogens is 348 g/mol. The third-order valence-corrected chi connectivity index (χ3v) is 5.21. The Morgan fingerprint density at radius 1 is 1.31 bits per heavy atom. The molecule has 5 nitrogen and oxygen atoms in total. The smallest absolute Gasteiger partial charge is 0.271 e. The largest absolute Gasteiger partial charge is 0.491 e. The molecule has 3 rings (SSSR count). The van der Waals surface area contributed by atoms with Crippen molar-refractivity contribution in [1.29, 1.82) is 0 Å². The van der Waals surface area contributed by atoms with Crippen molar-refractivity contribution >= 4 is 21.6 Å². The predicted octanol–water partition coefficient (Wildman–Crippen LogP) is 3.50. The van der Waals surface area contributed by atoms with Crippen LogP contribution in [0.5, 0.6) is 5.75 Å². The minimum Gasteiger partial charge on any atom is -0.491 e. The molecule has 0 spiro atoms. The molecule has 2 aromatic heterocycles. The number of thiophene rings is 1. The average molecular weight is 372 g/mol.